The minimum absolute atomic E-state index is 0.166. The predicted octanol–water partition coefficient (Wildman–Crippen LogP) is 3.51. The molecule has 1 unspecified atom stereocenters. The number of aromatic nitrogens is 3. The summed E-state index contributed by atoms with van der Waals surface area (Å²) in [6, 6.07) is 18.5. The molecule has 0 fully saturated rings. The van der Waals surface area contributed by atoms with E-state index in [4.69, 9.17) is 4.74 Å². The number of para-hydroxylation sites is 1. The summed E-state index contributed by atoms with van der Waals surface area (Å²) in [7, 11) is 1.71. The molecule has 21 heavy (non-hydrogen) atoms. The van der Waals surface area contributed by atoms with Crippen LogP contribution in [0.4, 0.5) is 0 Å². The molecule has 0 amide bonds. The van der Waals surface area contributed by atoms with Crippen LogP contribution in [0.2, 0.25) is 0 Å². The zero-order valence-electron chi connectivity index (χ0n) is 11.8. The van der Waals surface area contributed by atoms with Crippen LogP contribution in [0, 0.1) is 0 Å². The molecule has 0 bridgehead atoms. The Morgan fingerprint density at radius 2 is 1.86 bits per heavy atom. The highest BCUT2D eigenvalue weighted by Crippen LogP contribution is 2.29. The number of methoxy groups -OCH3 is 1. The van der Waals surface area contributed by atoms with E-state index in [1.807, 2.05) is 28.9 Å². The molecule has 1 aromatic heterocycles. The standard InChI is InChI=1S/C16H17N3OS/c1-20-12-21-16(11-13-7-3-2-4-8-13)19-15-10-6-5-9-14(15)17-18-19/h2-10,16H,11-12H2,1H3. The SMILES string of the molecule is COCSC(Cc1ccccc1)n1nnc2ccccc21. The van der Waals surface area contributed by atoms with E-state index in [0.29, 0.717) is 5.94 Å². The Morgan fingerprint density at radius 3 is 2.67 bits per heavy atom. The number of fused-ring (bicyclic) bond motifs is 1. The first-order valence-electron chi connectivity index (χ1n) is 6.83. The van der Waals surface area contributed by atoms with E-state index in [0.717, 1.165) is 17.5 Å². The Balaban J connectivity index is 1.91. The average Bonchev–Trinajstić information content (AvgIpc) is 2.96. The molecule has 0 saturated heterocycles. The van der Waals surface area contributed by atoms with Gasteiger partial charge in [0.25, 0.3) is 0 Å². The Labute approximate surface area is 128 Å². The maximum Gasteiger partial charge on any atom is 0.113 e. The topological polar surface area (TPSA) is 39.9 Å². The molecular weight excluding hydrogens is 282 g/mol. The van der Waals surface area contributed by atoms with Crippen molar-refractivity contribution in [3.05, 3.63) is 60.2 Å². The summed E-state index contributed by atoms with van der Waals surface area (Å²) in [4.78, 5) is 0. The van der Waals surface area contributed by atoms with Gasteiger partial charge in [0.2, 0.25) is 0 Å². The zero-order chi connectivity index (χ0) is 14.5. The second kappa shape index (κ2) is 6.74. The number of rotatable bonds is 6. The molecule has 1 heterocycles. The third-order valence-electron chi connectivity index (χ3n) is 3.28. The third kappa shape index (κ3) is 3.25. The van der Waals surface area contributed by atoms with E-state index in [-0.39, 0.29) is 5.37 Å². The molecule has 2 aromatic carbocycles. The van der Waals surface area contributed by atoms with Gasteiger partial charge in [0.15, 0.2) is 0 Å². The van der Waals surface area contributed by atoms with Crippen LogP contribution >= 0.6 is 11.8 Å². The van der Waals surface area contributed by atoms with Gasteiger partial charge in [-0.15, -0.1) is 16.9 Å². The second-order valence-corrected chi connectivity index (χ2v) is 5.85. The van der Waals surface area contributed by atoms with Gasteiger partial charge in [0, 0.05) is 13.5 Å². The van der Waals surface area contributed by atoms with Gasteiger partial charge in [-0.1, -0.05) is 47.7 Å². The van der Waals surface area contributed by atoms with Gasteiger partial charge in [-0.3, -0.25) is 0 Å². The number of benzene rings is 2. The summed E-state index contributed by atoms with van der Waals surface area (Å²) in [5.41, 5.74) is 3.27. The van der Waals surface area contributed by atoms with E-state index >= 15 is 0 Å². The Hall–Kier alpha value is -1.85. The van der Waals surface area contributed by atoms with E-state index in [1.165, 1.54) is 5.56 Å². The molecule has 108 valence electrons. The highest BCUT2D eigenvalue weighted by atomic mass is 32.2. The average molecular weight is 299 g/mol. The minimum Gasteiger partial charge on any atom is -0.374 e. The van der Waals surface area contributed by atoms with Gasteiger partial charge >= 0.3 is 0 Å². The van der Waals surface area contributed by atoms with E-state index < -0.39 is 0 Å². The molecule has 5 heteroatoms. The van der Waals surface area contributed by atoms with E-state index in [2.05, 4.69) is 40.6 Å². The molecule has 1 atom stereocenters. The molecule has 0 aliphatic heterocycles. The molecule has 3 aromatic rings. The maximum atomic E-state index is 5.22. The zero-order valence-corrected chi connectivity index (χ0v) is 12.7. The summed E-state index contributed by atoms with van der Waals surface area (Å²) >= 11 is 1.73. The monoisotopic (exact) mass is 299 g/mol. The first kappa shape index (κ1) is 14.1. The van der Waals surface area contributed by atoms with Crippen molar-refractivity contribution in [3.63, 3.8) is 0 Å². The van der Waals surface area contributed by atoms with Crippen molar-refractivity contribution in [1.29, 1.82) is 0 Å². The van der Waals surface area contributed by atoms with Gasteiger partial charge in [0.1, 0.15) is 10.9 Å². The molecule has 0 aliphatic carbocycles. The summed E-state index contributed by atoms with van der Waals surface area (Å²) in [5, 5.41) is 8.75. The van der Waals surface area contributed by atoms with Gasteiger partial charge < -0.3 is 4.74 Å². The minimum atomic E-state index is 0.166. The smallest absolute Gasteiger partial charge is 0.113 e. The quantitative estimate of drug-likeness (QED) is 0.653. The van der Waals surface area contributed by atoms with Gasteiger partial charge in [-0.2, -0.15) is 0 Å². The fraction of sp³-hybridized carbons (Fsp3) is 0.250. The largest absolute Gasteiger partial charge is 0.374 e. The van der Waals surface area contributed by atoms with Crippen LogP contribution in [-0.2, 0) is 11.2 Å². The molecule has 3 rings (SSSR count). The third-order valence-corrected chi connectivity index (χ3v) is 4.40. The fourth-order valence-electron chi connectivity index (χ4n) is 2.28. The number of ether oxygens (including phenoxy) is 1. The Morgan fingerprint density at radius 1 is 1.10 bits per heavy atom. The Kier molecular flexibility index (Phi) is 4.52. The number of nitrogens with zero attached hydrogens (tertiary/aromatic N) is 3. The van der Waals surface area contributed by atoms with Crippen LogP contribution in [0.15, 0.2) is 54.6 Å². The first-order chi connectivity index (χ1) is 10.4. The van der Waals surface area contributed by atoms with Crippen LogP contribution in [0.5, 0.6) is 0 Å². The summed E-state index contributed by atoms with van der Waals surface area (Å²) in [5.74, 6) is 0.631. The molecule has 0 saturated carbocycles. The van der Waals surface area contributed by atoms with Crippen molar-refractivity contribution in [2.45, 2.75) is 11.8 Å². The van der Waals surface area contributed by atoms with Crippen LogP contribution in [0.1, 0.15) is 10.9 Å². The lowest BCUT2D eigenvalue weighted by Crippen LogP contribution is -2.11. The van der Waals surface area contributed by atoms with Crippen LogP contribution in [0.25, 0.3) is 11.0 Å². The highest BCUT2D eigenvalue weighted by molar-refractivity contribution is 7.99. The first-order valence-corrected chi connectivity index (χ1v) is 7.88. The molecule has 0 radical (unpaired) electrons. The number of hydrogen-bond donors (Lipinski definition) is 0. The highest BCUT2D eigenvalue weighted by Gasteiger charge is 2.16. The van der Waals surface area contributed by atoms with Crippen LogP contribution in [0.3, 0.4) is 0 Å². The Bertz CT molecular complexity index is 699. The van der Waals surface area contributed by atoms with E-state index in [9.17, 15) is 0 Å². The molecule has 4 nitrogen and oxygen atoms in total. The molecule has 0 spiro atoms. The lowest BCUT2D eigenvalue weighted by molar-refractivity contribution is 0.257. The van der Waals surface area contributed by atoms with Crippen molar-refractivity contribution >= 4 is 22.8 Å². The molecular formula is C16H17N3OS. The lowest BCUT2D eigenvalue weighted by Gasteiger charge is -2.17. The summed E-state index contributed by atoms with van der Waals surface area (Å²) in [6.45, 7) is 0. The van der Waals surface area contributed by atoms with E-state index in [1.54, 1.807) is 18.9 Å². The second-order valence-electron chi connectivity index (χ2n) is 4.74. The normalized spacial score (nSPS) is 12.6. The van der Waals surface area contributed by atoms with Crippen LogP contribution < -0.4 is 0 Å². The van der Waals surface area contributed by atoms with Gasteiger partial charge in [-0.05, 0) is 17.7 Å². The summed E-state index contributed by atoms with van der Waals surface area (Å²) < 4.78 is 7.21. The maximum absolute atomic E-state index is 5.22. The summed E-state index contributed by atoms with van der Waals surface area (Å²) in [6.07, 6.45) is 0.891. The van der Waals surface area contributed by atoms with Gasteiger partial charge in [-0.25, -0.2) is 4.68 Å². The van der Waals surface area contributed by atoms with Crippen molar-refractivity contribution in [1.82, 2.24) is 15.0 Å². The lowest BCUT2D eigenvalue weighted by atomic mass is 10.1. The van der Waals surface area contributed by atoms with Crippen molar-refractivity contribution in [2.75, 3.05) is 13.0 Å². The fourth-order valence-corrected chi connectivity index (χ4v) is 3.18. The molecule has 0 N–H and O–H groups in total. The number of hydrogen-bond acceptors (Lipinski definition) is 4. The van der Waals surface area contributed by atoms with Gasteiger partial charge in [0.05, 0.1) is 11.5 Å². The van der Waals surface area contributed by atoms with Crippen LogP contribution in [-0.4, -0.2) is 28.0 Å². The molecule has 0 aliphatic rings. The predicted molar refractivity (Wildman–Crippen MR) is 86.2 cm³/mol. The number of thioether (sulfide) groups is 1. The van der Waals surface area contributed by atoms with Crippen molar-refractivity contribution < 1.29 is 4.74 Å². The van der Waals surface area contributed by atoms with Crippen molar-refractivity contribution in [2.24, 2.45) is 0 Å². The van der Waals surface area contributed by atoms with Crippen molar-refractivity contribution in [3.8, 4) is 0 Å².